The smallest absolute Gasteiger partial charge is 0.116 e. The van der Waals surface area contributed by atoms with Crippen LogP contribution in [0.3, 0.4) is 0 Å². The van der Waals surface area contributed by atoms with Gasteiger partial charge in [0.2, 0.25) is 0 Å². The Balaban J connectivity index is 3.49. The molecule has 0 radical (unpaired) electrons. The second-order valence-corrected chi connectivity index (χ2v) is 1.90. The molecule has 0 heterocycles. The van der Waals surface area contributed by atoms with Crippen molar-refractivity contribution in [2.45, 2.75) is 13.3 Å². The van der Waals surface area contributed by atoms with Gasteiger partial charge in [-0.15, -0.1) is 0 Å². The molecule has 0 aliphatic heterocycles. The molecule has 10 heavy (non-hydrogen) atoms. The molecule has 0 aliphatic carbocycles. The minimum Gasteiger partial charge on any atom is -0.374 e. The van der Waals surface area contributed by atoms with Gasteiger partial charge in [0.1, 0.15) is 5.82 Å². The Morgan fingerprint density at radius 3 is 2.70 bits per heavy atom. The fourth-order valence-electron chi connectivity index (χ4n) is 0.555. The van der Waals surface area contributed by atoms with E-state index < -0.39 is 0 Å². The Labute approximate surface area is 61.8 Å². The first-order valence-electron chi connectivity index (χ1n) is 3.43. The van der Waals surface area contributed by atoms with Gasteiger partial charge in [0.15, 0.2) is 0 Å². The Morgan fingerprint density at radius 2 is 2.30 bits per heavy atom. The maximum absolute atomic E-state index is 5.07. The Morgan fingerprint density at radius 1 is 1.60 bits per heavy atom. The van der Waals surface area contributed by atoms with E-state index in [1.54, 1.807) is 6.20 Å². The predicted octanol–water partition coefficient (Wildman–Crippen LogP) is -0.532. The van der Waals surface area contributed by atoms with Crippen molar-refractivity contribution in [1.29, 1.82) is 0 Å². The predicted molar refractivity (Wildman–Crippen MR) is 42.8 cm³/mol. The van der Waals surface area contributed by atoms with E-state index >= 15 is 0 Å². The first kappa shape index (κ1) is 9.10. The highest BCUT2D eigenvalue weighted by molar-refractivity contribution is 4.93. The average molecular weight is 144 g/mol. The Bertz CT molecular complexity index is 99.9. The molecule has 0 aromatic heterocycles. The number of nitrogens with one attached hydrogen (secondary N) is 3. The van der Waals surface area contributed by atoms with Crippen molar-refractivity contribution in [2.75, 3.05) is 13.6 Å². The van der Waals surface area contributed by atoms with Gasteiger partial charge >= 0.3 is 0 Å². The zero-order chi connectivity index (χ0) is 7.82. The molecule has 0 unspecified atom stereocenters. The van der Waals surface area contributed by atoms with Gasteiger partial charge in [0.05, 0.1) is 6.20 Å². The number of hydrogen-bond donors (Lipinski definition) is 4. The highest BCUT2D eigenvalue weighted by atomic mass is 15.2. The van der Waals surface area contributed by atoms with Crippen molar-refractivity contribution in [3.8, 4) is 0 Å². The van der Waals surface area contributed by atoms with Crippen LogP contribution in [0.2, 0.25) is 0 Å². The van der Waals surface area contributed by atoms with Crippen LogP contribution in [-0.4, -0.2) is 13.6 Å². The summed E-state index contributed by atoms with van der Waals surface area (Å²) >= 11 is 0. The van der Waals surface area contributed by atoms with Gasteiger partial charge in [-0.05, 0) is 6.42 Å². The molecule has 0 fully saturated rings. The lowest BCUT2D eigenvalue weighted by atomic mass is 10.5. The van der Waals surface area contributed by atoms with E-state index in [9.17, 15) is 0 Å². The van der Waals surface area contributed by atoms with Gasteiger partial charge in [0.25, 0.3) is 0 Å². The highest BCUT2D eigenvalue weighted by Crippen LogP contribution is 1.78. The van der Waals surface area contributed by atoms with Gasteiger partial charge in [-0.1, -0.05) is 6.92 Å². The monoisotopic (exact) mass is 144 g/mol. The molecule has 0 amide bonds. The van der Waals surface area contributed by atoms with Gasteiger partial charge < -0.3 is 16.1 Å². The Kier molecular flexibility index (Phi) is 5.66. The lowest BCUT2D eigenvalue weighted by Crippen LogP contribution is -2.28. The molecule has 0 bridgehead atoms. The van der Waals surface area contributed by atoms with E-state index in [4.69, 9.17) is 5.84 Å². The molecular formula is C6H16N4. The van der Waals surface area contributed by atoms with Gasteiger partial charge in [-0.2, -0.15) is 0 Å². The van der Waals surface area contributed by atoms with Crippen LogP contribution < -0.4 is 21.9 Å². The molecule has 4 heteroatoms. The summed E-state index contributed by atoms with van der Waals surface area (Å²) in [5, 5.41) is 6.07. The Hall–Kier alpha value is -0.900. The first-order chi connectivity index (χ1) is 4.85. The summed E-state index contributed by atoms with van der Waals surface area (Å²) in [6.07, 6.45) is 2.78. The van der Waals surface area contributed by atoms with Gasteiger partial charge in [0, 0.05) is 13.6 Å². The van der Waals surface area contributed by atoms with Crippen LogP contribution in [-0.2, 0) is 0 Å². The minimum atomic E-state index is 0.907. The molecule has 0 aromatic rings. The van der Waals surface area contributed by atoms with Crippen molar-refractivity contribution in [1.82, 2.24) is 16.1 Å². The molecule has 0 rings (SSSR count). The van der Waals surface area contributed by atoms with E-state index in [1.165, 1.54) is 0 Å². The average Bonchev–Trinajstić information content (AvgIpc) is 1.98. The van der Waals surface area contributed by atoms with Crippen molar-refractivity contribution in [3.05, 3.63) is 12.0 Å². The van der Waals surface area contributed by atoms with Crippen LogP contribution in [0.25, 0.3) is 0 Å². The van der Waals surface area contributed by atoms with Crippen LogP contribution in [0.15, 0.2) is 12.0 Å². The fraction of sp³-hybridized carbons (Fsp3) is 0.667. The van der Waals surface area contributed by atoms with E-state index in [1.807, 2.05) is 7.05 Å². The van der Waals surface area contributed by atoms with E-state index in [-0.39, 0.29) is 0 Å². The van der Waals surface area contributed by atoms with Crippen LogP contribution in [0.4, 0.5) is 0 Å². The maximum Gasteiger partial charge on any atom is 0.116 e. The number of hydrazine groups is 1. The molecule has 0 aromatic carbocycles. The minimum absolute atomic E-state index is 0.907. The number of nitrogens with two attached hydrogens (primary N) is 1. The molecule has 0 atom stereocenters. The second kappa shape index (κ2) is 6.22. The molecule has 0 saturated heterocycles. The van der Waals surface area contributed by atoms with Crippen molar-refractivity contribution >= 4 is 0 Å². The zero-order valence-electron chi connectivity index (χ0n) is 6.57. The van der Waals surface area contributed by atoms with E-state index in [0.717, 1.165) is 18.8 Å². The summed E-state index contributed by atoms with van der Waals surface area (Å²) in [4.78, 5) is 0. The van der Waals surface area contributed by atoms with Crippen LogP contribution in [0, 0.1) is 0 Å². The van der Waals surface area contributed by atoms with Crippen LogP contribution in [0.5, 0.6) is 0 Å². The third kappa shape index (κ3) is 4.03. The number of rotatable bonds is 5. The van der Waals surface area contributed by atoms with Gasteiger partial charge in [-0.3, -0.25) is 5.84 Å². The summed E-state index contributed by atoms with van der Waals surface area (Å²) < 4.78 is 0. The normalized spacial score (nSPS) is 10.9. The molecule has 0 saturated carbocycles. The second-order valence-electron chi connectivity index (χ2n) is 1.90. The summed E-state index contributed by atoms with van der Waals surface area (Å²) in [7, 11) is 1.84. The van der Waals surface area contributed by atoms with E-state index in [2.05, 4.69) is 23.0 Å². The quantitative estimate of drug-likeness (QED) is 0.309. The SMILES string of the molecule is CCCN/C(=C/NN)NC. The summed E-state index contributed by atoms with van der Waals surface area (Å²) in [6.45, 7) is 3.06. The van der Waals surface area contributed by atoms with Crippen molar-refractivity contribution in [2.24, 2.45) is 5.84 Å². The fourth-order valence-corrected chi connectivity index (χ4v) is 0.555. The molecule has 0 aliphatic rings. The molecule has 5 N–H and O–H groups in total. The molecule has 0 spiro atoms. The molecular weight excluding hydrogens is 128 g/mol. The molecule has 4 nitrogen and oxygen atoms in total. The summed E-state index contributed by atoms with van der Waals surface area (Å²) in [5.74, 6) is 5.98. The van der Waals surface area contributed by atoms with Crippen molar-refractivity contribution in [3.63, 3.8) is 0 Å². The lowest BCUT2D eigenvalue weighted by Gasteiger charge is -2.08. The highest BCUT2D eigenvalue weighted by Gasteiger charge is 1.87. The first-order valence-corrected chi connectivity index (χ1v) is 3.43. The third-order valence-electron chi connectivity index (χ3n) is 1.06. The summed E-state index contributed by atoms with van der Waals surface area (Å²) in [5.41, 5.74) is 2.44. The third-order valence-corrected chi connectivity index (χ3v) is 1.06. The largest absolute Gasteiger partial charge is 0.374 e. The standard InChI is InChI=1S/C6H16N4/c1-3-4-9-6(8-2)5-10-7/h5,8-10H,3-4,7H2,1-2H3/b6-5+. The van der Waals surface area contributed by atoms with E-state index in [0.29, 0.717) is 0 Å². The number of hydrogen-bond acceptors (Lipinski definition) is 4. The summed E-state index contributed by atoms with van der Waals surface area (Å²) in [6, 6.07) is 0. The van der Waals surface area contributed by atoms with Crippen LogP contribution >= 0.6 is 0 Å². The van der Waals surface area contributed by atoms with Crippen molar-refractivity contribution < 1.29 is 0 Å². The topological polar surface area (TPSA) is 62.1 Å². The molecule has 60 valence electrons. The lowest BCUT2D eigenvalue weighted by molar-refractivity contribution is 0.702. The zero-order valence-corrected chi connectivity index (χ0v) is 6.57. The van der Waals surface area contributed by atoms with Crippen LogP contribution in [0.1, 0.15) is 13.3 Å². The maximum atomic E-state index is 5.07. The van der Waals surface area contributed by atoms with Gasteiger partial charge in [-0.25, -0.2) is 0 Å².